The van der Waals surface area contributed by atoms with Gasteiger partial charge in [-0.2, -0.15) is 0 Å². The zero-order valence-electron chi connectivity index (χ0n) is 14.3. The summed E-state index contributed by atoms with van der Waals surface area (Å²) in [7, 11) is 0. The van der Waals surface area contributed by atoms with Crippen molar-refractivity contribution in [1.82, 2.24) is 0 Å². The number of hydrogen-bond donors (Lipinski definition) is 1. The summed E-state index contributed by atoms with van der Waals surface area (Å²) in [5.41, 5.74) is 1.21. The number of nitrogens with one attached hydrogen (secondary N) is 1. The van der Waals surface area contributed by atoms with E-state index in [0.717, 1.165) is 15.3 Å². The lowest BCUT2D eigenvalue weighted by molar-refractivity contribution is -0.111. The van der Waals surface area contributed by atoms with E-state index in [1.165, 1.54) is 23.7 Å². The summed E-state index contributed by atoms with van der Waals surface area (Å²) in [6, 6.07) is 7.37. The Labute approximate surface area is 158 Å². The molecule has 0 fully saturated rings. The second-order valence-electron chi connectivity index (χ2n) is 5.27. The Balaban J connectivity index is 1.92. The Morgan fingerprint density at radius 2 is 2.15 bits per heavy atom. The van der Waals surface area contributed by atoms with Crippen LogP contribution in [0.25, 0.3) is 16.5 Å². The van der Waals surface area contributed by atoms with E-state index >= 15 is 0 Å². The molecule has 0 aliphatic rings. The van der Waals surface area contributed by atoms with Crippen LogP contribution in [0.2, 0.25) is 0 Å². The highest BCUT2D eigenvalue weighted by Gasteiger charge is 2.25. The average molecular weight is 387 g/mol. The van der Waals surface area contributed by atoms with E-state index in [9.17, 15) is 9.59 Å². The number of anilines is 1. The fourth-order valence-corrected chi connectivity index (χ4v) is 4.40. The quantitative estimate of drug-likeness (QED) is 0.466. The maximum Gasteiger partial charge on any atom is 0.341 e. The van der Waals surface area contributed by atoms with Crippen LogP contribution in [0.1, 0.15) is 27.9 Å². The van der Waals surface area contributed by atoms with Crippen molar-refractivity contribution in [2.45, 2.75) is 13.8 Å². The number of aryl methyl sites for hydroxylation is 1. The predicted molar refractivity (Wildman–Crippen MR) is 105 cm³/mol. The molecule has 0 atom stereocenters. The van der Waals surface area contributed by atoms with Crippen LogP contribution < -0.4 is 5.32 Å². The van der Waals surface area contributed by atoms with Crippen LogP contribution in [0.3, 0.4) is 0 Å². The highest BCUT2D eigenvalue weighted by molar-refractivity contribution is 7.18. The lowest BCUT2D eigenvalue weighted by Crippen LogP contribution is -2.12. The highest BCUT2D eigenvalue weighted by Crippen LogP contribution is 2.42. The first-order chi connectivity index (χ1) is 12.6. The van der Waals surface area contributed by atoms with Crippen molar-refractivity contribution in [3.63, 3.8) is 0 Å². The molecule has 0 unspecified atom stereocenters. The monoisotopic (exact) mass is 387 g/mol. The van der Waals surface area contributed by atoms with Crippen molar-refractivity contribution in [3.05, 3.63) is 58.2 Å². The van der Waals surface area contributed by atoms with E-state index in [0.29, 0.717) is 16.3 Å². The molecule has 0 aliphatic carbocycles. The minimum atomic E-state index is -0.439. The molecule has 3 heterocycles. The van der Waals surface area contributed by atoms with E-state index in [1.54, 1.807) is 36.5 Å². The molecule has 7 heteroatoms. The first kappa shape index (κ1) is 18.2. The summed E-state index contributed by atoms with van der Waals surface area (Å²) >= 11 is 2.90. The van der Waals surface area contributed by atoms with Gasteiger partial charge in [-0.1, -0.05) is 6.07 Å². The van der Waals surface area contributed by atoms with Gasteiger partial charge < -0.3 is 14.5 Å². The number of thiophene rings is 2. The summed E-state index contributed by atoms with van der Waals surface area (Å²) in [6.45, 7) is 3.95. The molecular weight excluding hydrogens is 370 g/mol. The largest absolute Gasteiger partial charge is 0.465 e. The van der Waals surface area contributed by atoms with Crippen LogP contribution >= 0.6 is 22.7 Å². The van der Waals surface area contributed by atoms with Crippen molar-refractivity contribution in [2.75, 3.05) is 11.9 Å². The lowest BCUT2D eigenvalue weighted by Gasteiger charge is -2.07. The smallest absolute Gasteiger partial charge is 0.341 e. The fourth-order valence-electron chi connectivity index (χ4n) is 2.45. The van der Waals surface area contributed by atoms with E-state index in [1.807, 2.05) is 24.4 Å². The highest BCUT2D eigenvalue weighted by atomic mass is 32.1. The van der Waals surface area contributed by atoms with Gasteiger partial charge in [0.1, 0.15) is 16.3 Å². The first-order valence-corrected chi connectivity index (χ1v) is 9.66. The van der Waals surface area contributed by atoms with Crippen molar-refractivity contribution < 1.29 is 18.7 Å². The van der Waals surface area contributed by atoms with Gasteiger partial charge in [0.15, 0.2) is 0 Å². The Bertz CT molecular complexity index is 921. The summed E-state index contributed by atoms with van der Waals surface area (Å²) in [4.78, 5) is 26.7. The Morgan fingerprint density at radius 1 is 1.31 bits per heavy atom. The van der Waals surface area contributed by atoms with Gasteiger partial charge in [0, 0.05) is 21.4 Å². The van der Waals surface area contributed by atoms with Gasteiger partial charge in [0.2, 0.25) is 5.91 Å². The number of furan rings is 1. The minimum absolute atomic E-state index is 0.267. The van der Waals surface area contributed by atoms with Gasteiger partial charge in [0.25, 0.3) is 0 Å². The number of ether oxygens (including phenoxy) is 1. The van der Waals surface area contributed by atoms with Crippen molar-refractivity contribution >= 4 is 45.6 Å². The molecule has 0 saturated heterocycles. The third-order valence-electron chi connectivity index (χ3n) is 3.51. The topological polar surface area (TPSA) is 68.5 Å². The van der Waals surface area contributed by atoms with Crippen LogP contribution in [0.15, 0.2) is 46.4 Å². The van der Waals surface area contributed by atoms with E-state index < -0.39 is 5.97 Å². The average Bonchev–Trinajstić information content (AvgIpc) is 3.34. The van der Waals surface area contributed by atoms with Gasteiger partial charge in [0.05, 0.1) is 12.9 Å². The molecule has 26 heavy (non-hydrogen) atoms. The van der Waals surface area contributed by atoms with E-state index in [2.05, 4.69) is 5.32 Å². The van der Waals surface area contributed by atoms with Gasteiger partial charge in [-0.05, 0) is 43.5 Å². The summed E-state index contributed by atoms with van der Waals surface area (Å²) in [5, 5.41) is 5.23. The fraction of sp³-hybridized carbons (Fsp3) is 0.158. The number of rotatable bonds is 6. The van der Waals surface area contributed by atoms with Crippen LogP contribution in [0.4, 0.5) is 5.00 Å². The Hall–Kier alpha value is -2.64. The third kappa shape index (κ3) is 3.95. The molecule has 0 bridgehead atoms. The lowest BCUT2D eigenvalue weighted by atomic mass is 10.1. The molecule has 0 radical (unpaired) electrons. The molecule has 0 saturated carbocycles. The first-order valence-electron chi connectivity index (χ1n) is 7.97. The van der Waals surface area contributed by atoms with E-state index in [4.69, 9.17) is 9.15 Å². The molecule has 1 amide bonds. The summed E-state index contributed by atoms with van der Waals surface area (Å²) in [5.74, 6) is -0.205. The molecular formula is C19H17NO4S2. The number of esters is 1. The number of carbonyl (C=O) groups is 2. The minimum Gasteiger partial charge on any atom is -0.465 e. The molecule has 3 rings (SSSR count). The second kappa shape index (κ2) is 8.16. The van der Waals surface area contributed by atoms with Gasteiger partial charge in [-0.25, -0.2) is 4.79 Å². The molecule has 5 nitrogen and oxygen atoms in total. The van der Waals surface area contributed by atoms with Crippen LogP contribution in [0.5, 0.6) is 0 Å². The standard InChI is InChI=1S/C19H17NO4S2/c1-3-23-19(22)17-16(14-7-5-11-25-14)12(2)26-18(17)20-15(21)9-8-13-6-4-10-24-13/h4-11H,3H2,1-2H3,(H,20,21)/b9-8+. The molecule has 0 aliphatic heterocycles. The maximum absolute atomic E-state index is 12.5. The number of hydrogen-bond acceptors (Lipinski definition) is 6. The molecule has 0 aromatic carbocycles. The van der Waals surface area contributed by atoms with Gasteiger partial charge in [-0.15, -0.1) is 22.7 Å². The summed E-state index contributed by atoms with van der Waals surface area (Å²) < 4.78 is 10.4. The summed E-state index contributed by atoms with van der Waals surface area (Å²) in [6.07, 6.45) is 4.47. The van der Waals surface area contributed by atoms with Crippen molar-refractivity contribution in [3.8, 4) is 10.4 Å². The zero-order valence-corrected chi connectivity index (χ0v) is 15.9. The third-order valence-corrected chi connectivity index (χ3v) is 5.42. The molecule has 0 spiro atoms. The second-order valence-corrected chi connectivity index (χ2v) is 7.45. The van der Waals surface area contributed by atoms with Crippen LogP contribution in [0, 0.1) is 6.92 Å². The van der Waals surface area contributed by atoms with Gasteiger partial charge in [-0.3, -0.25) is 4.79 Å². The SMILES string of the molecule is CCOC(=O)c1c(NC(=O)/C=C/c2ccco2)sc(C)c1-c1cccs1. The Morgan fingerprint density at radius 3 is 2.81 bits per heavy atom. The molecule has 3 aromatic heterocycles. The molecule has 134 valence electrons. The van der Waals surface area contributed by atoms with Crippen LogP contribution in [-0.2, 0) is 9.53 Å². The van der Waals surface area contributed by atoms with E-state index in [-0.39, 0.29) is 12.5 Å². The predicted octanol–water partition coefficient (Wildman–Crippen LogP) is 5.21. The molecule has 3 aromatic rings. The zero-order chi connectivity index (χ0) is 18.5. The van der Waals surface area contributed by atoms with Gasteiger partial charge >= 0.3 is 5.97 Å². The van der Waals surface area contributed by atoms with Crippen molar-refractivity contribution in [1.29, 1.82) is 0 Å². The number of carbonyl (C=O) groups excluding carboxylic acids is 2. The number of amides is 1. The Kier molecular flexibility index (Phi) is 5.70. The molecule has 1 N–H and O–H groups in total. The van der Waals surface area contributed by atoms with Crippen LogP contribution in [-0.4, -0.2) is 18.5 Å². The normalized spacial score (nSPS) is 11.0. The van der Waals surface area contributed by atoms with Crippen molar-refractivity contribution in [2.24, 2.45) is 0 Å². The maximum atomic E-state index is 12.5.